The number of methoxy groups -OCH3 is 1. The van der Waals surface area contributed by atoms with Crippen molar-refractivity contribution in [1.29, 1.82) is 0 Å². The zero-order valence-corrected chi connectivity index (χ0v) is 17.1. The summed E-state index contributed by atoms with van der Waals surface area (Å²) < 4.78 is 13.1. The van der Waals surface area contributed by atoms with Gasteiger partial charge in [0.15, 0.2) is 11.8 Å². The van der Waals surface area contributed by atoms with Crippen LogP contribution in [-0.2, 0) is 23.1 Å². The molecule has 0 aliphatic heterocycles. The summed E-state index contributed by atoms with van der Waals surface area (Å²) in [6.07, 6.45) is 6.18. The topological polar surface area (TPSA) is 85.6 Å². The van der Waals surface area contributed by atoms with Crippen LogP contribution in [0.3, 0.4) is 0 Å². The second kappa shape index (κ2) is 9.01. The van der Waals surface area contributed by atoms with Crippen LogP contribution in [0.5, 0.6) is 0 Å². The molecule has 3 rings (SSSR count). The molecular weight excluding hydrogens is 344 g/mol. The first-order valence-corrected chi connectivity index (χ1v) is 10.1. The van der Waals surface area contributed by atoms with Gasteiger partial charge in [-0.15, -0.1) is 10.2 Å². The molecule has 152 valence electrons. The van der Waals surface area contributed by atoms with Crippen molar-refractivity contribution in [3.05, 3.63) is 11.6 Å². The second-order valence-corrected chi connectivity index (χ2v) is 7.62. The molecule has 2 aliphatic rings. The fourth-order valence-electron chi connectivity index (χ4n) is 4.12. The summed E-state index contributed by atoms with van der Waals surface area (Å²) in [6, 6.07) is 0.428. The molecule has 0 aromatic carbocycles. The van der Waals surface area contributed by atoms with Gasteiger partial charge >= 0.3 is 0 Å². The molecule has 2 N–H and O–H groups in total. The first-order valence-electron chi connectivity index (χ1n) is 10.1. The van der Waals surface area contributed by atoms with Gasteiger partial charge in [0.1, 0.15) is 12.4 Å². The van der Waals surface area contributed by atoms with Gasteiger partial charge in [0.05, 0.1) is 6.10 Å². The van der Waals surface area contributed by atoms with Gasteiger partial charge in [-0.25, -0.2) is 4.99 Å². The minimum absolute atomic E-state index is 0.298. The summed E-state index contributed by atoms with van der Waals surface area (Å²) in [5.41, 5.74) is 0.298. The Morgan fingerprint density at radius 1 is 1.37 bits per heavy atom. The van der Waals surface area contributed by atoms with Crippen LogP contribution in [0.4, 0.5) is 0 Å². The molecule has 2 aliphatic carbocycles. The summed E-state index contributed by atoms with van der Waals surface area (Å²) in [4.78, 5) is 4.77. The number of aryl methyl sites for hydroxylation is 1. The molecule has 8 heteroatoms. The molecule has 2 atom stereocenters. The highest BCUT2D eigenvalue weighted by molar-refractivity contribution is 5.80. The van der Waals surface area contributed by atoms with E-state index in [1.807, 2.05) is 18.5 Å². The number of guanidine groups is 1. The molecule has 0 saturated heterocycles. The van der Waals surface area contributed by atoms with E-state index in [0.717, 1.165) is 50.2 Å². The zero-order valence-electron chi connectivity index (χ0n) is 17.1. The molecule has 1 spiro atoms. The molecule has 0 bridgehead atoms. The van der Waals surface area contributed by atoms with Crippen molar-refractivity contribution in [2.75, 3.05) is 26.9 Å². The Balaban J connectivity index is 1.63. The maximum atomic E-state index is 5.97. The van der Waals surface area contributed by atoms with Gasteiger partial charge < -0.3 is 24.7 Å². The van der Waals surface area contributed by atoms with Crippen molar-refractivity contribution in [2.45, 2.75) is 64.6 Å². The first kappa shape index (κ1) is 20.1. The van der Waals surface area contributed by atoms with E-state index in [2.05, 4.69) is 27.8 Å². The molecule has 2 unspecified atom stereocenters. The predicted octanol–water partition coefficient (Wildman–Crippen LogP) is 1.54. The Morgan fingerprint density at radius 3 is 2.78 bits per heavy atom. The number of ether oxygens (including phenoxy) is 2. The van der Waals surface area contributed by atoms with Gasteiger partial charge in [-0.2, -0.15) is 0 Å². The molecule has 1 aromatic rings. The highest BCUT2D eigenvalue weighted by atomic mass is 16.5. The van der Waals surface area contributed by atoms with E-state index in [0.29, 0.717) is 24.1 Å². The van der Waals surface area contributed by atoms with Crippen LogP contribution in [0, 0.1) is 12.3 Å². The molecule has 0 amide bonds. The zero-order chi connectivity index (χ0) is 19.3. The Kier molecular flexibility index (Phi) is 6.70. The molecule has 2 saturated carbocycles. The first-order chi connectivity index (χ1) is 13.1. The van der Waals surface area contributed by atoms with Gasteiger partial charge in [-0.1, -0.05) is 6.42 Å². The van der Waals surface area contributed by atoms with Crippen LogP contribution in [0.15, 0.2) is 4.99 Å². The fraction of sp³-hybridized carbons (Fsp3) is 0.842. The van der Waals surface area contributed by atoms with Crippen LogP contribution in [-0.4, -0.2) is 59.7 Å². The van der Waals surface area contributed by atoms with Crippen molar-refractivity contribution >= 4 is 5.96 Å². The van der Waals surface area contributed by atoms with E-state index >= 15 is 0 Å². The third kappa shape index (κ3) is 4.27. The van der Waals surface area contributed by atoms with Crippen molar-refractivity contribution in [3.63, 3.8) is 0 Å². The summed E-state index contributed by atoms with van der Waals surface area (Å²) in [5.74, 6) is 2.61. The maximum Gasteiger partial charge on any atom is 0.191 e. The normalized spacial score (nSPS) is 23.8. The summed E-state index contributed by atoms with van der Waals surface area (Å²) in [6.45, 7) is 6.90. The smallest absolute Gasteiger partial charge is 0.191 e. The molecule has 27 heavy (non-hydrogen) atoms. The summed E-state index contributed by atoms with van der Waals surface area (Å²) >= 11 is 0. The van der Waals surface area contributed by atoms with Crippen LogP contribution < -0.4 is 10.6 Å². The lowest BCUT2D eigenvalue weighted by Crippen LogP contribution is -2.68. The van der Waals surface area contributed by atoms with E-state index < -0.39 is 0 Å². The highest BCUT2D eigenvalue weighted by Gasteiger charge is 2.59. The van der Waals surface area contributed by atoms with Crippen molar-refractivity contribution in [2.24, 2.45) is 17.5 Å². The second-order valence-electron chi connectivity index (χ2n) is 7.62. The number of aromatic nitrogens is 3. The van der Waals surface area contributed by atoms with E-state index in [1.165, 1.54) is 19.3 Å². The monoisotopic (exact) mass is 378 g/mol. The Labute approximate surface area is 162 Å². The average Bonchev–Trinajstić information content (AvgIpc) is 2.92. The largest absolute Gasteiger partial charge is 0.385 e. The van der Waals surface area contributed by atoms with Crippen LogP contribution in [0.25, 0.3) is 0 Å². The molecule has 1 heterocycles. The Bertz CT molecular complexity index is 640. The molecule has 8 nitrogen and oxygen atoms in total. The number of aliphatic imine (C=N–C) groups is 1. The molecule has 1 aromatic heterocycles. The Hall–Kier alpha value is -1.67. The predicted molar refractivity (Wildman–Crippen MR) is 105 cm³/mol. The van der Waals surface area contributed by atoms with Crippen molar-refractivity contribution in [1.82, 2.24) is 25.4 Å². The minimum atomic E-state index is 0.298. The summed E-state index contributed by atoms with van der Waals surface area (Å²) in [5, 5.41) is 15.4. The number of hydrogen-bond donors (Lipinski definition) is 2. The molecular formula is C19H34N6O2. The SMILES string of the molecule is CCOC1CC(NC(=NCc2nnc(C)n2C)NCCCOC)C12CCC2. The van der Waals surface area contributed by atoms with E-state index in [4.69, 9.17) is 14.5 Å². The lowest BCUT2D eigenvalue weighted by Gasteiger charge is -2.61. The summed E-state index contributed by atoms with van der Waals surface area (Å²) in [7, 11) is 3.70. The van der Waals surface area contributed by atoms with Gasteiger partial charge in [0.2, 0.25) is 0 Å². The van der Waals surface area contributed by atoms with Gasteiger partial charge in [-0.3, -0.25) is 0 Å². The fourth-order valence-corrected chi connectivity index (χ4v) is 4.12. The molecule has 2 fully saturated rings. The number of nitrogens with one attached hydrogen (secondary N) is 2. The number of nitrogens with zero attached hydrogens (tertiary/aromatic N) is 4. The standard InChI is InChI=1S/C19H34N6O2/c1-5-27-16-12-15(19(16)8-6-9-19)22-18(20-10-7-11-26-4)21-13-17-24-23-14(2)25(17)3/h15-16H,5-13H2,1-4H3,(H2,20,21,22). The third-order valence-corrected chi connectivity index (χ3v) is 6.13. The Morgan fingerprint density at radius 2 is 2.19 bits per heavy atom. The van der Waals surface area contributed by atoms with E-state index in [9.17, 15) is 0 Å². The van der Waals surface area contributed by atoms with Crippen LogP contribution in [0.2, 0.25) is 0 Å². The number of rotatable bonds is 9. The minimum Gasteiger partial charge on any atom is -0.385 e. The highest BCUT2D eigenvalue weighted by Crippen LogP contribution is 2.57. The van der Waals surface area contributed by atoms with Gasteiger partial charge in [0.25, 0.3) is 0 Å². The van der Waals surface area contributed by atoms with Crippen LogP contribution in [0.1, 0.15) is 50.7 Å². The van der Waals surface area contributed by atoms with Gasteiger partial charge in [0, 0.05) is 45.4 Å². The van der Waals surface area contributed by atoms with Crippen molar-refractivity contribution < 1.29 is 9.47 Å². The quantitative estimate of drug-likeness (QED) is 0.385. The maximum absolute atomic E-state index is 5.97. The lowest BCUT2D eigenvalue weighted by atomic mass is 9.51. The number of hydrogen-bond acceptors (Lipinski definition) is 5. The van der Waals surface area contributed by atoms with E-state index in [-0.39, 0.29) is 0 Å². The lowest BCUT2D eigenvalue weighted by molar-refractivity contribution is -0.168. The van der Waals surface area contributed by atoms with Crippen molar-refractivity contribution in [3.8, 4) is 0 Å². The average molecular weight is 379 g/mol. The van der Waals surface area contributed by atoms with E-state index in [1.54, 1.807) is 7.11 Å². The molecule has 0 radical (unpaired) electrons. The third-order valence-electron chi connectivity index (χ3n) is 6.13. The van der Waals surface area contributed by atoms with Crippen LogP contribution >= 0.6 is 0 Å². The van der Waals surface area contributed by atoms with Gasteiger partial charge in [-0.05, 0) is 39.5 Å².